The first-order valence-corrected chi connectivity index (χ1v) is 16.2. The Kier molecular flexibility index (Phi) is 8.58. The number of rotatable bonds is 6. The van der Waals surface area contributed by atoms with Crippen LogP contribution in [-0.2, 0) is 4.79 Å². The second-order valence-corrected chi connectivity index (χ2v) is 13.1. The fourth-order valence-corrected chi connectivity index (χ4v) is 8.30. The molecule has 4 aliphatic heterocycles. The maximum absolute atomic E-state index is 17.2. The highest BCUT2D eigenvalue weighted by molar-refractivity contribution is 6.06. The van der Waals surface area contributed by atoms with Gasteiger partial charge in [-0.25, -0.2) is 13.2 Å². The van der Waals surface area contributed by atoms with Crippen molar-refractivity contribution in [1.29, 1.82) is 5.26 Å². The fourth-order valence-electron chi connectivity index (χ4n) is 8.30. The summed E-state index contributed by atoms with van der Waals surface area (Å²) in [6, 6.07) is 9.41. The van der Waals surface area contributed by atoms with Crippen LogP contribution in [0, 0.1) is 23.0 Å². The maximum atomic E-state index is 17.2. The number of aromatic hydroxyl groups is 1. The molecule has 0 radical (unpaired) electrons. The first-order valence-electron chi connectivity index (χ1n) is 16.2. The lowest BCUT2D eigenvalue weighted by molar-refractivity contribution is -0.122. The molecule has 1 aromatic heterocycles. The summed E-state index contributed by atoms with van der Waals surface area (Å²) < 4.78 is 59.1. The van der Waals surface area contributed by atoms with Crippen LogP contribution in [0.4, 0.5) is 19.0 Å². The molecule has 4 saturated heterocycles. The van der Waals surface area contributed by atoms with E-state index in [0.717, 1.165) is 32.2 Å². The number of hydrogen-bond acceptors (Lipinski definition) is 10. The SMILES string of the molecule is COc1c(C#N)c(-c2cc(O)cc3cccc(F)c23)c(F)c2nc(OC[C@@]34CCCN3C[C@H](F)C4)nc(N3CC4CCC(C3)N4)c12.O=CO. The number of fused-ring (bicyclic) bond motifs is 5. The Morgan fingerprint density at radius 1 is 1.16 bits per heavy atom. The van der Waals surface area contributed by atoms with Crippen LogP contribution in [0.25, 0.3) is 32.8 Å². The second-order valence-electron chi connectivity index (χ2n) is 13.1. The van der Waals surface area contributed by atoms with Crippen LogP contribution in [0.15, 0.2) is 30.3 Å². The van der Waals surface area contributed by atoms with Gasteiger partial charge in [-0.15, -0.1) is 0 Å². The van der Waals surface area contributed by atoms with Crippen LogP contribution in [0.3, 0.4) is 0 Å². The number of alkyl halides is 1. The van der Waals surface area contributed by atoms with Crippen molar-refractivity contribution in [3.63, 3.8) is 0 Å². The molecule has 4 atom stereocenters. The first kappa shape index (κ1) is 32.7. The Labute approximate surface area is 279 Å². The monoisotopic (exact) mass is 676 g/mol. The van der Waals surface area contributed by atoms with Gasteiger partial charge in [-0.2, -0.15) is 15.2 Å². The van der Waals surface area contributed by atoms with E-state index in [9.17, 15) is 14.8 Å². The van der Waals surface area contributed by atoms with Crippen molar-refractivity contribution in [3.05, 3.63) is 47.5 Å². The van der Waals surface area contributed by atoms with Gasteiger partial charge in [0.2, 0.25) is 0 Å². The van der Waals surface area contributed by atoms with Crippen molar-refractivity contribution >= 4 is 34.0 Å². The number of piperazine rings is 1. The zero-order chi connectivity index (χ0) is 34.4. The summed E-state index contributed by atoms with van der Waals surface area (Å²) in [4.78, 5) is 21.9. The molecule has 0 amide bonds. The number of benzene rings is 3. The lowest BCUT2D eigenvalue weighted by Crippen LogP contribution is -2.51. The van der Waals surface area contributed by atoms with Crippen molar-refractivity contribution in [2.75, 3.05) is 44.8 Å². The summed E-state index contributed by atoms with van der Waals surface area (Å²) in [5.41, 5.74) is -1.05. The molecule has 5 heterocycles. The molecule has 0 saturated carbocycles. The van der Waals surface area contributed by atoms with E-state index in [4.69, 9.17) is 24.4 Å². The lowest BCUT2D eigenvalue weighted by Gasteiger charge is -2.35. The number of carbonyl (C=O) groups is 1. The molecule has 11 nitrogen and oxygen atoms in total. The number of nitrogens with zero attached hydrogens (tertiary/aromatic N) is 5. The van der Waals surface area contributed by atoms with E-state index in [0.29, 0.717) is 37.3 Å². The number of anilines is 1. The smallest absolute Gasteiger partial charge is 0.319 e. The average molecular weight is 677 g/mol. The van der Waals surface area contributed by atoms with Gasteiger partial charge in [0.1, 0.15) is 47.3 Å². The maximum Gasteiger partial charge on any atom is 0.319 e. The van der Waals surface area contributed by atoms with E-state index in [1.807, 2.05) is 0 Å². The lowest BCUT2D eigenvalue weighted by atomic mass is 9.91. The van der Waals surface area contributed by atoms with Crippen LogP contribution < -0.4 is 19.7 Å². The normalized spacial score (nSPS) is 24.4. The molecule has 0 aliphatic carbocycles. The molecule has 0 spiro atoms. The predicted molar refractivity (Wildman–Crippen MR) is 175 cm³/mol. The molecular weight excluding hydrogens is 641 g/mol. The number of nitrogens with one attached hydrogen (secondary N) is 1. The van der Waals surface area contributed by atoms with E-state index >= 15 is 8.78 Å². The van der Waals surface area contributed by atoms with Gasteiger partial charge in [-0.1, -0.05) is 12.1 Å². The third-order valence-electron chi connectivity index (χ3n) is 10.2. The van der Waals surface area contributed by atoms with Gasteiger partial charge in [0.15, 0.2) is 11.6 Å². The highest BCUT2D eigenvalue weighted by atomic mass is 19.1. The van der Waals surface area contributed by atoms with Crippen LogP contribution >= 0.6 is 0 Å². The minimum absolute atomic E-state index is 0.00868. The minimum atomic E-state index is -0.945. The van der Waals surface area contributed by atoms with E-state index in [1.165, 1.54) is 31.4 Å². The highest BCUT2D eigenvalue weighted by Gasteiger charge is 2.49. The molecule has 256 valence electrons. The number of methoxy groups -OCH3 is 1. The molecule has 2 unspecified atom stereocenters. The topological polar surface area (TPSA) is 144 Å². The zero-order valence-corrected chi connectivity index (χ0v) is 26.8. The zero-order valence-electron chi connectivity index (χ0n) is 26.8. The molecule has 3 N–H and O–H groups in total. The van der Waals surface area contributed by atoms with E-state index in [-0.39, 0.29) is 75.7 Å². The number of hydrogen-bond donors (Lipinski definition) is 3. The molecule has 4 aliphatic rings. The minimum Gasteiger partial charge on any atom is -0.508 e. The van der Waals surface area contributed by atoms with E-state index in [2.05, 4.69) is 26.2 Å². The molecule has 3 aromatic carbocycles. The molecular formula is C35H35F3N6O5. The number of phenols is 1. The average Bonchev–Trinajstić information content (AvgIpc) is 3.73. The Hall–Kier alpha value is -4.87. The van der Waals surface area contributed by atoms with Crippen LogP contribution in [0.1, 0.15) is 37.7 Å². The van der Waals surface area contributed by atoms with Crippen molar-refractivity contribution < 1.29 is 37.7 Å². The van der Waals surface area contributed by atoms with Gasteiger partial charge in [0.25, 0.3) is 6.47 Å². The van der Waals surface area contributed by atoms with Crippen molar-refractivity contribution in [2.45, 2.75) is 55.9 Å². The van der Waals surface area contributed by atoms with Crippen molar-refractivity contribution in [1.82, 2.24) is 20.2 Å². The summed E-state index contributed by atoms with van der Waals surface area (Å²) in [5.74, 6) is -1.33. The molecule has 2 bridgehead atoms. The van der Waals surface area contributed by atoms with Gasteiger partial charge in [-0.05, 0) is 55.8 Å². The highest BCUT2D eigenvalue weighted by Crippen LogP contribution is 2.47. The molecule has 4 aromatic rings. The van der Waals surface area contributed by atoms with Crippen molar-refractivity contribution in [2.24, 2.45) is 0 Å². The molecule has 14 heteroatoms. The quantitative estimate of drug-likeness (QED) is 0.240. The number of phenolic OH excluding ortho intramolecular Hbond substituents is 1. The number of carboxylic acid groups (broad SMARTS) is 1. The third kappa shape index (κ3) is 5.60. The Morgan fingerprint density at radius 2 is 1.92 bits per heavy atom. The number of nitriles is 1. The van der Waals surface area contributed by atoms with Gasteiger partial charge < -0.3 is 29.9 Å². The van der Waals surface area contributed by atoms with E-state index < -0.39 is 23.3 Å². The molecule has 49 heavy (non-hydrogen) atoms. The number of halogens is 3. The Morgan fingerprint density at radius 3 is 2.63 bits per heavy atom. The van der Waals surface area contributed by atoms with Gasteiger partial charge in [-0.3, -0.25) is 9.69 Å². The largest absolute Gasteiger partial charge is 0.508 e. The predicted octanol–water partition coefficient (Wildman–Crippen LogP) is 4.91. The van der Waals surface area contributed by atoms with Crippen molar-refractivity contribution in [3.8, 4) is 34.7 Å². The summed E-state index contributed by atoms with van der Waals surface area (Å²) in [7, 11) is 1.38. The number of aromatic nitrogens is 2. The summed E-state index contributed by atoms with van der Waals surface area (Å²) in [6.07, 6.45) is 3.10. The fraction of sp³-hybridized carbons (Fsp3) is 0.429. The third-order valence-corrected chi connectivity index (χ3v) is 10.2. The van der Waals surface area contributed by atoms with E-state index in [1.54, 1.807) is 6.07 Å². The first-order chi connectivity index (χ1) is 23.7. The van der Waals surface area contributed by atoms with Crippen LogP contribution in [0.5, 0.6) is 17.5 Å². The second kappa shape index (κ2) is 12.9. The van der Waals surface area contributed by atoms with Gasteiger partial charge in [0.05, 0.1) is 18.0 Å². The Bertz CT molecular complexity index is 1980. The summed E-state index contributed by atoms with van der Waals surface area (Å²) in [6.45, 7) is 2.24. The van der Waals surface area contributed by atoms with Crippen LogP contribution in [0.2, 0.25) is 0 Å². The van der Waals surface area contributed by atoms with Crippen LogP contribution in [-0.4, -0.2) is 95.2 Å². The molecule has 8 rings (SSSR count). The van der Waals surface area contributed by atoms with Gasteiger partial charge >= 0.3 is 6.01 Å². The van der Waals surface area contributed by atoms with Gasteiger partial charge in [0, 0.05) is 54.7 Å². The molecule has 4 fully saturated rings. The summed E-state index contributed by atoms with van der Waals surface area (Å²) >= 11 is 0. The summed E-state index contributed by atoms with van der Waals surface area (Å²) in [5, 5.41) is 32.1. The standard InChI is InChI=1S/C34H33F3N6O3.CH2O2/c1-45-31-24(13-38)27(23-11-22(44)10-18-4-2-5-25(36)26(18)23)29(37)30-28(31)32(42-15-20-6-7-21(16-42)39-20)41-33(40-30)46-17-34-8-3-9-43(34)14-19(35)12-34;2-1-3/h2,4-5,10-11,19-21,39,44H,3,6-9,12,14-17H2,1H3;1H,(H,2,3)/t19-,20?,21?,34+;/m1./s1. The Balaban J connectivity index is 0.00000122. The number of ether oxygens (including phenoxy) is 2.